The second-order valence-corrected chi connectivity index (χ2v) is 7.79. The van der Waals surface area contributed by atoms with Crippen LogP contribution in [0.25, 0.3) is 22.5 Å². The van der Waals surface area contributed by atoms with Gasteiger partial charge in [-0.05, 0) is 66.2 Å². The van der Waals surface area contributed by atoms with Gasteiger partial charge in [-0.25, -0.2) is 15.0 Å². The predicted octanol–water partition coefficient (Wildman–Crippen LogP) is 6.51. The molecule has 0 saturated carbocycles. The lowest BCUT2D eigenvalue weighted by Gasteiger charge is -2.15. The van der Waals surface area contributed by atoms with E-state index in [1.807, 2.05) is 60.7 Å². The van der Waals surface area contributed by atoms with Crippen LogP contribution in [0.1, 0.15) is 5.69 Å². The fourth-order valence-corrected chi connectivity index (χ4v) is 3.91. The van der Waals surface area contributed by atoms with Gasteiger partial charge < -0.3 is 15.0 Å². The number of ether oxygens (including phenoxy) is 1. The fourth-order valence-electron chi connectivity index (χ4n) is 3.68. The molecule has 0 saturated heterocycles. The van der Waals surface area contributed by atoms with Gasteiger partial charge in [-0.1, -0.05) is 35.9 Å². The average molecular weight is 490 g/mol. The zero-order valence-electron chi connectivity index (χ0n) is 18.0. The molecule has 0 fully saturated rings. The standard InChI is InChI=1S/C26H20ClN5O.ClH/c27-22-7-2-1-6-21(22)24-14-13-23(32(24)17-19-5-3-8-25(28)31-19)18-9-11-20(12-10-18)33-26-29-15-4-16-30-26;/h1-16H,17H2,(H2,28,31);1H. The van der Waals surface area contributed by atoms with Crippen LogP contribution in [0.4, 0.5) is 5.82 Å². The second-order valence-electron chi connectivity index (χ2n) is 7.38. The van der Waals surface area contributed by atoms with Crippen LogP contribution < -0.4 is 10.5 Å². The van der Waals surface area contributed by atoms with Crippen LogP contribution in [0.3, 0.4) is 0 Å². The molecule has 0 bridgehead atoms. The van der Waals surface area contributed by atoms with Crippen LogP contribution in [0.15, 0.2) is 97.3 Å². The maximum absolute atomic E-state index is 6.53. The normalized spacial score (nSPS) is 10.5. The van der Waals surface area contributed by atoms with Gasteiger partial charge in [0.1, 0.15) is 11.6 Å². The van der Waals surface area contributed by atoms with Crippen molar-refractivity contribution in [1.82, 2.24) is 19.5 Å². The molecule has 0 atom stereocenters. The molecule has 0 unspecified atom stereocenters. The number of nitrogens with two attached hydrogens (primary N) is 1. The number of pyridine rings is 1. The molecule has 170 valence electrons. The molecule has 0 aliphatic heterocycles. The first-order valence-corrected chi connectivity index (χ1v) is 10.8. The summed E-state index contributed by atoms with van der Waals surface area (Å²) < 4.78 is 7.92. The van der Waals surface area contributed by atoms with E-state index in [9.17, 15) is 0 Å². The zero-order valence-corrected chi connectivity index (χ0v) is 19.6. The van der Waals surface area contributed by atoms with E-state index in [1.165, 1.54) is 0 Å². The second kappa shape index (κ2) is 10.4. The number of benzene rings is 2. The molecular formula is C26H21Cl2N5O. The first-order chi connectivity index (χ1) is 16.2. The van der Waals surface area contributed by atoms with Crippen molar-refractivity contribution in [2.24, 2.45) is 0 Å². The lowest BCUT2D eigenvalue weighted by atomic mass is 10.1. The fraction of sp³-hybridized carbons (Fsp3) is 0.0385. The van der Waals surface area contributed by atoms with Gasteiger partial charge >= 0.3 is 6.01 Å². The van der Waals surface area contributed by atoms with Crippen molar-refractivity contribution < 1.29 is 4.74 Å². The van der Waals surface area contributed by atoms with E-state index >= 15 is 0 Å². The Hall–Kier alpha value is -3.87. The summed E-state index contributed by atoms with van der Waals surface area (Å²) in [4.78, 5) is 12.7. The number of halogens is 2. The number of nitrogens with zero attached hydrogens (tertiary/aromatic N) is 4. The number of rotatable bonds is 6. The van der Waals surface area contributed by atoms with E-state index < -0.39 is 0 Å². The quantitative estimate of drug-likeness (QED) is 0.294. The van der Waals surface area contributed by atoms with Crippen LogP contribution in [-0.4, -0.2) is 19.5 Å². The largest absolute Gasteiger partial charge is 0.424 e. The van der Waals surface area contributed by atoms with Crippen LogP contribution >= 0.6 is 24.0 Å². The highest BCUT2D eigenvalue weighted by Gasteiger charge is 2.15. The maximum Gasteiger partial charge on any atom is 0.321 e. The summed E-state index contributed by atoms with van der Waals surface area (Å²) in [5.74, 6) is 1.15. The Bertz CT molecular complexity index is 1390. The molecule has 8 heteroatoms. The van der Waals surface area contributed by atoms with Gasteiger partial charge in [-0.3, -0.25) is 0 Å². The lowest BCUT2D eigenvalue weighted by molar-refractivity contribution is 0.442. The molecule has 34 heavy (non-hydrogen) atoms. The maximum atomic E-state index is 6.53. The summed E-state index contributed by atoms with van der Waals surface area (Å²) in [5.41, 5.74) is 10.8. The average Bonchev–Trinajstić information content (AvgIpc) is 3.24. The highest BCUT2D eigenvalue weighted by atomic mass is 35.5. The third kappa shape index (κ3) is 5.03. The van der Waals surface area contributed by atoms with Crippen molar-refractivity contribution in [3.63, 3.8) is 0 Å². The van der Waals surface area contributed by atoms with E-state index in [4.69, 9.17) is 22.1 Å². The number of anilines is 1. The minimum atomic E-state index is 0. The number of nitrogen functional groups attached to an aromatic ring is 1. The van der Waals surface area contributed by atoms with Gasteiger partial charge in [0, 0.05) is 28.7 Å². The molecule has 0 aliphatic carbocycles. The first kappa shape index (κ1) is 23.3. The molecule has 0 spiro atoms. The van der Waals surface area contributed by atoms with Gasteiger partial charge in [-0.15, -0.1) is 12.4 Å². The van der Waals surface area contributed by atoms with Crippen LogP contribution in [-0.2, 0) is 6.54 Å². The minimum Gasteiger partial charge on any atom is -0.424 e. The summed E-state index contributed by atoms with van der Waals surface area (Å²) in [6, 6.07) is 27.5. The molecule has 2 N–H and O–H groups in total. The molecule has 3 aromatic heterocycles. The molecule has 5 aromatic rings. The third-order valence-corrected chi connectivity index (χ3v) is 5.51. The summed E-state index contributed by atoms with van der Waals surface area (Å²) >= 11 is 6.53. The predicted molar refractivity (Wildman–Crippen MR) is 137 cm³/mol. The van der Waals surface area contributed by atoms with Gasteiger partial charge in [0.05, 0.1) is 17.9 Å². The SMILES string of the molecule is Cl.Nc1cccc(Cn2c(-c3ccc(Oc4ncccn4)cc3)ccc2-c2ccccc2Cl)n1. The van der Waals surface area contributed by atoms with Crippen molar-refractivity contribution in [1.29, 1.82) is 0 Å². The highest BCUT2D eigenvalue weighted by molar-refractivity contribution is 6.33. The van der Waals surface area contributed by atoms with E-state index in [0.717, 1.165) is 28.2 Å². The zero-order chi connectivity index (χ0) is 22.6. The smallest absolute Gasteiger partial charge is 0.321 e. The Kier molecular flexibility index (Phi) is 7.11. The summed E-state index contributed by atoms with van der Waals surface area (Å²) in [6.07, 6.45) is 3.29. The molecule has 6 nitrogen and oxygen atoms in total. The summed E-state index contributed by atoms with van der Waals surface area (Å²) in [7, 11) is 0. The molecule has 5 rings (SSSR count). The monoisotopic (exact) mass is 489 g/mol. The molecule has 0 radical (unpaired) electrons. The Morgan fingerprint density at radius 2 is 1.53 bits per heavy atom. The number of hydrogen-bond donors (Lipinski definition) is 1. The highest BCUT2D eigenvalue weighted by Crippen LogP contribution is 2.34. The van der Waals surface area contributed by atoms with Crippen LogP contribution in [0.2, 0.25) is 5.02 Å². The molecule has 2 aromatic carbocycles. The number of hydrogen-bond acceptors (Lipinski definition) is 5. The number of aromatic nitrogens is 4. The van der Waals surface area contributed by atoms with Gasteiger partial charge in [0.2, 0.25) is 0 Å². The van der Waals surface area contributed by atoms with Crippen LogP contribution in [0, 0.1) is 0 Å². The van der Waals surface area contributed by atoms with E-state index in [1.54, 1.807) is 24.5 Å². The van der Waals surface area contributed by atoms with E-state index in [-0.39, 0.29) is 12.4 Å². The summed E-state index contributed by atoms with van der Waals surface area (Å²) in [6.45, 7) is 0.546. The van der Waals surface area contributed by atoms with Gasteiger partial charge in [0.15, 0.2) is 0 Å². The molecular weight excluding hydrogens is 469 g/mol. The third-order valence-electron chi connectivity index (χ3n) is 5.18. The van der Waals surface area contributed by atoms with Crippen LogP contribution in [0.5, 0.6) is 11.8 Å². The Labute approximate surface area is 208 Å². The van der Waals surface area contributed by atoms with Crippen molar-refractivity contribution >= 4 is 29.8 Å². The Morgan fingerprint density at radius 1 is 0.794 bits per heavy atom. The minimum absolute atomic E-state index is 0. The van der Waals surface area contributed by atoms with E-state index in [2.05, 4.69) is 31.7 Å². The van der Waals surface area contributed by atoms with Crippen molar-refractivity contribution in [2.45, 2.75) is 6.54 Å². The molecule has 0 amide bonds. The Morgan fingerprint density at radius 3 is 2.26 bits per heavy atom. The van der Waals surface area contributed by atoms with Crippen molar-refractivity contribution in [3.05, 3.63) is 108 Å². The van der Waals surface area contributed by atoms with E-state index in [0.29, 0.717) is 29.1 Å². The van der Waals surface area contributed by atoms with Gasteiger partial charge in [-0.2, -0.15) is 0 Å². The molecule has 0 aliphatic rings. The summed E-state index contributed by atoms with van der Waals surface area (Å²) in [5, 5.41) is 0.690. The first-order valence-electron chi connectivity index (χ1n) is 10.4. The topological polar surface area (TPSA) is 78.9 Å². The Balaban J connectivity index is 0.00000274. The molecule has 3 heterocycles. The van der Waals surface area contributed by atoms with Gasteiger partial charge in [0.25, 0.3) is 0 Å². The lowest BCUT2D eigenvalue weighted by Crippen LogP contribution is -2.06. The van der Waals surface area contributed by atoms with Crippen molar-refractivity contribution in [2.75, 3.05) is 5.73 Å². The van der Waals surface area contributed by atoms with Crippen molar-refractivity contribution in [3.8, 4) is 34.3 Å².